The molecule has 0 amide bonds. The molecule has 0 aliphatic heterocycles. The highest BCUT2D eigenvalue weighted by Crippen LogP contribution is 2.36. The first kappa shape index (κ1) is 19.0. The molecule has 0 spiro atoms. The first-order valence-corrected chi connectivity index (χ1v) is 8.58. The number of esters is 1. The summed E-state index contributed by atoms with van der Waals surface area (Å²) in [6, 6.07) is 9.75. The van der Waals surface area contributed by atoms with Crippen molar-refractivity contribution in [3.63, 3.8) is 0 Å². The summed E-state index contributed by atoms with van der Waals surface area (Å²) in [5.74, 6) is 0.380. The van der Waals surface area contributed by atoms with Crippen LogP contribution < -0.4 is 9.47 Å². The summed E-state index contributed by atoms with van der Waals surface area (Å²) in [4.78, 5) is 15.5. The standard InChI is InChI=1S/C18H14F3NO4S/c1-10(16(23)24-2)25-12-4-6-13(7-5-12)26-17-22-14-8-3-11(18(19,20)21)9-15(14)27-17/h3-10H,1-2H3/t10-/m1/s1. The largest absolute Gasteiger partial charge is 0.479 e. The number of ether oxygens (including phenoxy) is 3. The average Bonchev–Trinajstić information content (AvgIpc) is 3.03. The molecule has 3 aromatic rings. The molecule has 0 saturated carbocycles. The number of carbonyl (C=O) groups is 1. The van der Waals surface area contributed by atoms with Crippen LogP contribution in [0, 0.1) is 0 Å². The van der Waals surface area contributed by atoms with Gasteiger partial charge < -0.3 is 14.2 Å². The van der Waals surface area contributed by atoms with E-state index in [4.69, 9.17) is 9.47 Å². The van der Waals surface area contributed by atoms with Gasteiger partial charge in [-0.2, -0.15) is 13.2 Å². The van der Waals surface area contributed by atoms with E-state index < -0.39 is 23.8 Å². The van der Waals surface area contributed by atoms with Crippen molar-refractivity contribution in [1.82, 2.24) is 4.98 Å². The Bertz CT molecular complexity index is 953. The number of aromatic nitrogens is 1. The van der Waals surface area contributed by atoms with Crippen LogP contribution in [0.3, 0.4) is 0 Å². The van der Waals surface area contributed by atoms with Crippen molar-refractivity contribution in [1.29, 1.82) is 0 Å². The number of hydrogen-bond donors (Lipinski definition) is 0. The van der Waals surface area contributed by atoms with Gasteiger partial charge in [-0.1, -0.05) is 11.3 Å². The molecule has 1 heterocycles. The predicted molar refractivity (Wildman–Crippen MR) is 93.2 cm³/mol. The van der Waals surface area contributed by atoms with Crippen LogP contribution in [-0.4, -0.2) is 24.2 Å². The van der Waals surface area contributed by atoms with Crippen LogP contribution in [0.2, 0.25) is 0 Å². The number of benzene rings is 2. The summed E-state index contributed by atoms with van der Waals surface area (Å²) in [6.07, 6.45) is -5.16. The van der Waals surface area contributed by atoms with Gasteiger partial charge in [-0.05, 0) is 49.4 Å². The van der Waals surface area contributed by atoms with E-state index in [1.54, 1.807) is 31.2 Å². The van der Waals surface area contributed by atoms with Gasteiger partial charge in [0.2, 0.25) is 0 Å². The summed E-state index contributed by atoms with van der Waals surface area (Å²) in [5, 5.41) is 0.223. The van der Waals surface area contributed by atoms with Crippen molar-refractivity contribution in [2.24, 2.45) is 0 Å². The Morgan fingerprint density at radius 3 is 2.41 bits per heavy atom. The number of thiazole rings is 1. The van der Waals surface area contributed by atoms with Gasteiger partial charge in [0.1, 0.15) is 11.5 Å². The highest BCUT2D eigenvalue weighted by Gasteiger charge is 2.30. The third kappa shape index (κ3) is 4.48. The molecular weight excluding hydrogens is 383 g/mol. The zero-order valence-electron chi connectivity index (χ0n) is 14.2. The lowest BCUT2D eigenvalue weighted by atomic mass is 10.2. The number of methoxy groups -OCH3 is 1. The number of halogens is 3. The number of fused-ring (bicyclic) bond motifs is 1. The van der Waals surface area contributed by atoms with E-state index in [2.05, 4.69) is 9.72 Å². The molecule has 0 fully saturated rings. The van der Waals surface area contributed by atoms with E-state index >= 15 is 0 Å². The first-order valence-electron chi connectivity index (χ1n) is 7.76. The van der Waals surface area contributed by atoms with Crippen LogP contribution in [0.4, 0.5) is 13.2 Å². The van der Waals surface area contributed by atoms with Crippen LogP contribution >= 0.6 is 11.3 Å². The molecule has 0 N–H and O–H groups in total. The molecule has 1 aromatic heterocycles. The van der Waals surface area contributed by atoms with Crippen LogP contribution in [0.5, 0.6) is 16.7 Å². The lowest BCUT2D eigenvalue weighted by Crippen LogP contribution is -2.24. The van der Waals surface area contributed by atoms with Gasteiger partial charge in [-0.15, -0.1) is 0 Å². The Labute approximate surface area is 156 Å². The van der Waals surface area contributed by atoms with E-state index in [0.717, 1.165) is 23.5 Å². The second-order valence-corrected chi connectivity index (χ2v) is 6.51. The third-order valence-electron chi connectivity index (χ3n) is 3.57. The Morgan fingerprint density at radius 2 is 1.78 bits per heavy atom. The van der Waals surface area contributed by atoms with Gasteiger partial charge in [0.05, 0.1) is 22.9 Å². The normalized spacial score (nSPS) is 12.6. The van der Waals surface area contributed by atoms with Gasteiger partial charge >= 0.3 is 12.1 Å². The molecule has 0 aliphatic carbocycles. The number of rotatable bonds is 5. The molecular formula is C18H14F3NO4S. The molecule has 27 heavy (non-hydrogen) atoms. The van der Waals surface area contributed by atoms with E-state index in [0.29, 0.717) is 21.7 Å². The number of hydrogen-bond acceptors (Lipinski definition) is 6. The number of alkyl halides is 3. The molecule has 2 aromatic carbocycles. The maximum atomic E-state index is 12.8. The topological polar surface area (TPSA) is 57.7 Å². The smallest absolute Gasteiger partial charge is 0.416 e. The van der Waals surface area contributed by atoms with Crippen molar-refractivity contribution in [3.8, 4) is 16.7 Å². The summed E-state index contributed by atoms with van der Waals surface area (Å²) in [7, 11) is 1.27. The van der Waals surface area contributed by atoms with Crippen LogP contribution in [-0.2, 0) is 15.7 Å². The molecule has 142 valence electrons. The Morgan fingerprint density at radius 1 is 1.11 bits per heavy atom. The van der Waals surface area contributed by atoms with E-state index in [1.165, 1.54) is 13.2 Å². The van der Waals surface area contributed by atoms with Crippen LogP contribution in [0.25, 0.3) is 10.2 Å². The van der Waals surface area contributed by atoms with E-state index in [-0.39, 0.29) is 5.19 Å². The Kier molecular flexibility index (Phi) is 5.22. The fraction of sp³-hybridized carbons (Fsp3) is 0.222. The zero-order chi connectivity index (χ0) is 19.6. The fourth-order valence-corrected chi connectivity index (χ4v) is 3.10. The van der Waals surface area contributed by atoms with Crippen molar-refractivity contribution in [2.45, 2.75) is 19.2 Å². The lowest BCUT2D eigenvalue weighted by Gasteiger charge is -2.12. The van der Waals surface area contributed by atoms with Crippen LogP contribution in [0.15, 0.2) is 42.5 Å². The molecule has 0 unspecified atom stereocenters. The van der Waals surface area contributed by atoms with Crippen LogP contribution in [0.1, 0.15) is 12.5 Å². The predicted octanol–water partition coefficient (Wildman–Crippen LogP) is 5.05. The number of carbonyl (C=O) groups excluding carboxylic acids is 1. The van der Waals surface area contributed by atoms with Gasteiger partial charge in [-0.25, -0.2) is 9.78 Å². The minimum atomic E-state index is -4.41. The van der Waals surface area contributed by atoms with Crippen molar-refractivity contribution in [2.75, 3.05) is 7.11 Å². The molecule has 3 rings (SSSR count). The zero-order valence-corrected chi connectivity index (χ0v) is 15.1. The molecule has 0 radical (unpaired) electrons. The fourth-order valence-electron chi connectivity index (χ4n) is 2.23. The van der Waals surface area contributed by atoms with Gasteiger partial charge in [0.25, 0.3) is 5.19 Å². The van der Waals surface area contributed by atoms with Crippen molar-refractivity contribution in [3.05, 3.63) is 48.0 Å². The second-order valence-electron chi connectivity index (χ2n) is 5.52. The molecule has 0 bridgehead atoms. The molecule has 0 saturated heterocycles. The molecule has 1 atom stereocenters. The molecule has 9 heteroatoms. The van der Waals surface area contributed by atoms with E-state index in [1.807, 2.05) is 0 Å². The van der Waals surface area contributed by atoms with Gasteiger partial charge in [0, 0.05) is 0 Å². The monoisotopic (exact) mass is 397 g/mol. The van der Waals surface area contributed by atoms with E-state index in [9.17, 15) is 18.0 Å². The number of nitrogens with zero attached hydrogens (tertiary/aromatic N) is 1. The highest BCUT2D eigenvalue weighted by atomic mass is 32.1. The van der Waals surface area contributed by atoms with Crippen molar-refractivity contribution < 1.29 is 32.2 Å². The Hall–Kier alpha value is -2.81. The molecule has 5 nitrogen and oxygen atoms in total. The summed E-state index contributed by atoms with van der Waals surface area (Å²) in [6.45, 7) is 1.56. The second kappa shape index (κ2) is 7.43. The average molecular weight is 397 g/mol. The van der Waals surface area contributed by atoms with Gasteiger partial charge in [-0.3, -0.25) is 0 Å². The summed E-state index contributed by atoms with van der Waals surface area (Å²) >= 11 is 1.02. The third-order valence-corrected chi connectivity index (χ3v) is 4.47. The maximum absolute atomic E-state index is 12.8. The Balaban J connectivity index is 1.72. The minimum absolute atomic E-state index is 0.223. The minimum Gasteiger partial charge on any atom is -0.479 e. The highest BCUT2D eigenvalue weighted by molar-refractivity contribution is 7.20. The maximum Gasteiger partial charge on any atom is 0.416 e. The van der Waals surface area contributed by atoms with Crippen molar-refractivity contribution >= 4 is 27.5 Å². The quantitative estimate of drug-likeness (QED) is 0.564. The molecule has 0 aliphatic rings. The summed E-state index contributed by atoms with van der Waals surface area (Å²) < 4.78 is 54.3. The lowest BCUT2D eigenvalue weighted by molar-refractivity contribution is -0.147. The summed E-state index contributed by atoms with van der Waals surface area (Å²) in [5.41, 5.74) is -0.304. The SMILES string of the molecule is COC(=O)[C@@H](C)Oc1ccc(Oc2nc3ccc(C(F)(F)F)cc3s2)cc1. The first-order chi connectivity index (χ1) is 12.8. The van der Waals surface area contributed by atoms with Gasteiger partial charge in [0.15, 0.2) is 6.10 Å².